The smallest absolute Gasteiger partial charge is 0.0634 e. The number of hydrogen-bond donors (Lipinski definition) is 0. The Kier molecular flexibility index (Phi) is 3.01. The Morgan fingerprint density at radius 1 is 1.44 bits per heavy atom. The zero-order valence-electron chi connectivity index (χ0n) is 5.97. The van der Waals surface area contributed by atoms with Crippen molar-refractivity contribution in [2.24, 2.45) is 0 Å². The molecule has 0 spiro atoms. The average molecular weight is 128 g/mol. The third kappa shape index (κ3) is 2.33. The number of nitrogens with zero attached hydrogens (tertiary/aromatic N) is 1. The van der Waals surface area contributed by atoms with Crippen molar-refractivity contribution in [3.8, 4) is 0 Å². The molecular weight excluding hydrogens is 114 g/mol. The van der Waals surface area contributed by atoms with E-state index in [0.717, 1.165) is 6.61 Å². The second-order valence-corrected chi connectivity index (χ2v) is 2.38. The van der Waals surface area contributed by atoms with E-state index in [1.54, 1.807) is 7.11 Å². The lowest BCUT2D eigenvalue weighted by atomic mass is 10.4. The molecule has 1 rings (SSSR count). The first-order valence-electron chi connectivity index (χ1n) is 3.50. The molecule has 0 bridgehead atoms. The van der Waals surface area contributed by atoms with Crippen LogP contribution in [-0.2, 0) is 4.74 Å². The molecular formula is C7H14NO. The summed E-state index contributed by atoms with van der Waals surface area (Å²) < 4.78 is 4.91. The van der Waals surface area contributed by atoms with Crippen LogP contribution in [0.1, 0.15) is 12.8 Å². The fourth-order valence-corrected chi connectivity index (χ4v) is 1.10. The van der Waals surface area contributed by atoms with Crippen LogP contribution < -0.4 is 0 Å². The Morgan fingerprint density at radius 3 is 2.67 bits per heavy atom. The van der Waals surface area contributed by atoms with Crippen molar-refractivity contribution >= 4 is 0 Å². The molecule has 0 aliphatic carbocycles. The molecule has 1 heterocycles. The summed E-state index contributed by atoms with van der Waals surface area (Å²) in [4.78, 5) is 2.32. The molecule has 1 saturated heterocycles. The van der Waals surface area contributed by atoms with Gasteiger partial charge in [-0.2, -0.15) is 0 Å². The normalized spacial score (nSPS) is 21.0. The van der Waals surface area contributed by atoms with Gasteiger partial charge in [-0.25, -0.2) is 0 Å². The van der Waals surface area contributed by atoms with Gasteiger partial charge in [0.25, 0.3) is 0 Å². The van der Waals surface area contributed by atoms with E-state index in [0.29, 0.717) is 0 Å². The third-order valence-corrected chi connectivity index (χ3v) is 1.64. The summed E-state index contributed by atoms with van der Waals surface area (Å²) in [6.45, 7) is 5.35. The van der Waals surface area contributed by atoms with E-state index in [1.165, 1.54) is 25.9 Å². The first-order valence-corrected chi connectivity index (χ1v) is 3.50. The molecule has 1 fully saturated rings. The van der Waals surface area contributed by atoms with E-state index >= 15 is 0 Å². The van der Waals surface area contributed by atoms with Gasteiger partial charge in [-0.05, 0) is 25.9 Å². The van der Waals surface area contributed by atoms with Gasteiger partial charge in [0.15, 0.2) is 0 Å². The second-order valence-electron chi connectivity index (χ2n) is 2.38. The summed E-state index contributed by atoms with van der Waals surface area (Å²) in [7, 11) is 1.73. The second kappa shape index (κ2) is 3.85. The molecule has 0 unspecified atom stereocenters. The molecule has 1 aliphatic heterocycles. The van der Waals surface area contributed by atoms with Crippen LogP contribution in [-0.4, -0.2) is 31.7 Å². The highest BCUT2D eigenvalue weighted by molar-refractivity contribution is 4.73. The highest BCUT2D eigenvalue weighted by atomic mass is 16.5. The van der Waals surface area contributed by atoms with Gasteiger partial charge in [0, 0.05) is 7.11 Å². The van der Waals surface area contributed by atoms with Crippen LogP contribution in [0.5, 0.6) is 0 Å². The maximum absolute atomic E-state index is 4.91. The molecule has 0 aromatic rings. The summed E-state index contributed by atoms with van der Waals surface area (Å²) in [6.07, 6.45) is 2.69. The van der Waals surface area contributed by atoms with Gasteiger partial charge >= 0.3 is 0 Å². The first kappa shape index (κ1) is 7.03. The summed E-state index contributed by atoms with van der Waals surface area (Å²) in [5, 5.41) is 0. The summed E-state index contributed by atoms with van der Waals surface area (Å²) >= 11 is 0. The Balaban J connectivity index is 1.98. The van der Waals surface area contributed by atoms with Crippen molar-refractivity contribution in [1.82, 2.24) is 4.90 Å². The number of rotatable bonds is 3. The maximum atomic E-state index is 4.91. The molecule has 0 atom stereocenters. The van der Waals surface area contributed by atoms with Crippen LogP contribution in [0.15, 0.2) is 0 Å². The van der Waals surface area contributed by atoms with Crippen molar-refractivity contribution in [1.29, 1.82) is 0 Å². The van der Waals surface area contributed by atoms with Gasteiger partial charge in [-0.3, -0.25) is 4.90 Å². The SMILES string of the molecule is COC[CH]N1CCCC1. The molecule has 0 N–H and O–H groups in total. The van der Waals surface area contributed by atoms with Crippen LogP contribution in [0.3, 0.4) is 0 Å². The lowest BCUT2D eigenvalue weighted by Crippen LogP contribution is -2.17. The Morgan fingerprint density at radius 2 is 2.11 bits per heavy atom. The van der Waals surface area contributed by atoms with E-state index < -0.39 is 0 Å². The van der Waals surface area contributed by atoms with Crippen LogP contribution in [0, 0.1) is 6.54 Å². The highest BCUT2D eigenvalue weighted by Crippen LogP contribution is 2.08. The molecule has 0 aromatic heterocycles. The van der Waals surface area contributed by atoms with E-state index in [9.17, 15) is 0 Å². The fourth-order valence-electron chi connectivity index (χ4n) is 1.10. The molecule has 0 amide bonds. The minimum Gasteiger partial charge on any atom is -0.383 e. The number of methoxy groups -OCH3 is 1. The Labute approximate surface area is 56.8 Å². The third-order valence-electron chi connectivity index (χ3n) is 1.64. The summed E-state index contributed by atoms with van der Waals surface area (Å²) in [6, 6.07) is 0. The zero-order chi connectivity index (χ0) is 6.53. The number of likely N-dealkylation sites (tertiary alicyclic amines) is 1. The van der Waals surface area contributed by atoms with E-state index in [2.05, 4.69) is 11.4 Å². The summed E-state index contributed by atoms with van der Waals surface area (Å²) in [5.74, 6) is 0. The molecule has 53 valence electrons. The van der Waals surface area contributed by atoms with E-state index in [-0.39, 0.29) is 0 Å². The fraction of sp³-hybridized carbons (Fsp3) is 0.857. The maximum Gasteiger partial charge on any atom is 0.0634 e. The Hall–Kier alpha value is -0.0800. The van der Waals surface area contributed by atoms with Crippen molar-refractivity contribution in [3.05, 3.63) is 6.54 Å². The van der Waals surface area contributed by atoms with Gasteiger partial charge in [0.05, 0.1) is 13.2 Å². The molecule has 1 radical (unpaired) electrons. The predicted octanol–water partition coefficient (Wildman–Crippen LogP) is 0.890. The predicted molar refractivity (Wildman–Crippen MR) is 37.0 cm³/mol. The van der Waals surface area contributed by atoms with Crippen LogP contribution >= 0.6 is 0 Å². The largest absolute Gasteiger partial charge is 0.383 e. The zero-order valence-corrected chi connectivity index (χ0v) is 5.97. The lowest BCUT2D eigenvalue weighted by molar-refractivity contribution is 0.192. The van der Waals surface area contributed by atoms with Crippen LogP contribution in [0.4, 0.5) is 0 Å². The topological polar surface area (TPSA) is 12.5 Å². The van der Waals surface area contributed by atoms with Gasteiger partial charge in [-0.1, -0.05) is 0 Å². The lowest BCUT2D eigenvalue weighted by Gasteiger charge is -2.11. The number of hydrogen-bond acceptors (Lipinski definition) is 2. The average Bonchev–Trinajstić information content (AvgIpc) is 2.34. The van der Waals surface area contributed by atoms with Gasteiger partial charge in [0.1, 0.15) is 0 Å². The van der Waals surface area contributed by atoms with Crippen LogP contribution in [0.2, 0.25) is 0 Å². The quantitative estimate of drug-likeness (QED) is 0.559. The molecule has 1 aliphatic rings. The van der Waals surface area contributed by atoms with Crippen LogP contribution in [0.25, 0.3) is 0 Å². The first-order chi connectivity index (χ1) is 4.43. The van der Waals surface area contributed by atoms with Crippen molar-refractivity contribution in [2.75, 3.05) is 26.8 Å². The van der Waals surface area contributed by atoms with Crippen molar-refractivity contribution in [2.45, 2.75) is 12.8 Å². The van der Waals surface area contributed by atoms with Gasteiger partial charge < -0.3 is 4.74 Å². The van der Waals surface area contributed by atoms with Crippen molar-refractivity contribution < 1.29 is 4.74 Å². The van der Waals surface area contributed by atoms with Crippen molar-refractivity contribution in [3.63, 3.8) is 0 Å². The molecule has 0 saturated carbocycles. The molecule has 9 heavy (non-hydrogen) atoms. The standard InChI is InChI=1S/C7H14NO/c1-9-7-6-8-4-2-3-5-8/h6H,2-5,7H2,1H3. The number of ether oxygens (including phenoxy) is 1. The molecule has 2 heteroatoms. The summed E-state index contributed by atoms with van der Waals surface area (Å²) in [5.41, 5.74) is 0. The monoisotopic (exact) mass is 128 g/mol. The van der Waals surface area contributed by atoms with Gasteiger partial charge in [-0.15, -0.1) is 0 Å². The highest BCUT2D eigenvalue weighted by Gasteiger charge is 2.09. The molecule has 2 nitrogen and oxygen atoms in total. The van der Waals surface area contributed by atoms with E-state index in [1.807, 2.05) is 0 Å². The van der Waals surface area contributed by atoms with Gasteiger partial charge in [0.2, 0.25) is 0 Å². The van der Waals surface area contributed by atoms with E-state index in [4.69, 9.17) is 4.74 Å². The minimum atomic E-state index is 0.764. The molecule has 0 aromatic carbocycles. The Bertz CT molecular complexity index is 69.3. The minimum absolute atomic E-state index is 0.764.